The van der Waals surface area contributed by atoms with E-state index in [1.807, 2.05) is 24.3 Å². The maximum Gasteiger partial charge on any atom is 0.131 e. The summed E-state index contributed by atoms with van der Waals surface area (Å²) in [7, 11) is 0. The Morgan fingerprint density at radius 3 is 2.42 bits per heavy atom. The molecule has 19 heavy (non-hydrogen) atoms. The zero-order chi connectivity index (χ0) is 13.7. The molecule has 0 saturated heterocycles. The molecule has 0 bridgehead atoms. The zero-order valence-corrected chi connectivity index (χ0v) is 11.5. The Bertz CT molecular complexity index is 477. The molecule has 1 aromatic carbocycles. The van der Waals surface area contributed by atoms with Crippen LogP contribution in [-0.2, 0) is 0 Å². The number of aliphatic hydroxyl groups excluding tert-OH is 1. The van der Waals surface area contributed by atoms with Crippen LogP contribution in [0.1, 0.15) is 39.5 Å². The highest BCUT2D eigenvalue weighted by molar-refractivity contribution is 5.72. The summed E-state index contributed by atoms with van der Waals surface area (Å²) >= 11 is 0. The molecule has 0 aliphatic carbocycles. The van der Waals surface area contributed by atoms with Gasteiger partial charge in [0.1, 0.15) is 17.1 Å². The summed E-state index contributed by atoms with van der Waals surface area (Å²) in [6, 6.07) is 7.65. The number of fused-ring (bicyclic) bond motifs is 1. The molecular weight excluding hydrogens is 242 g/mol. The number of aromatic nitrogens is 3. The van der Waals surface area contributed by atoms with E-state index in [-0.39, 0.29) is 12.2 Å². The van der Waals surface area contributed by atoms with Crippen LogP contribution in [-0.4, -0.2) is 32.5 Å². The fourth-order valence-corrected chi connectivity index (χ4v) is 2.05. The standard InChI is InChI=1S/C14H21N3O2/c1-3-4-7-12(10-11(2)18)19-17-15-13-8-5-6-9-14(13)16-17/h5-6,8-9,11-12,18H,3-4,7,10H2,1-2H3. The van der Waals surface area contributed by atoms with E-state index in [0.717, 1.165) is 30.3 Å². The Labute approximate surface area is 113 Å². The molecule has 2 atom stereocenters. The molecule has 0 spiro atoms. The van der Waals surface area contributed by atoms with Crippen molar-refractivity contribution in [2.75, 3.05) is 0 Å². The zero-order valence-electron chi connectivity index (χ0n) is 11.5. The first-order valence-corrected chi connectivity index (χ1v) is 6.86. The van der Waals surface area contributed by atoms with Crippen LogP contribution < -0.4 is 4.84 Å². The molecule has 0 radical (unpaired) electrons. The van der Waals surface area contributed by atoms with Crippen molar-refractivity contribution in [1.29, 1.82) is 0 Å². The van der Waals surface area contributed by atoms with E-state index in [0.29, 0.717) is 6.42 Å². The SMILES string of the molecule is CCCCC(CC(C)O)On1nc2ccccc2n1. The Kier molecular flexibility index (Phi) is 4.74. The molecule has 0 amide bonds. The molecule has 0 fully saturated rings. The maximum atomic E-state index is 9.51. The average molecular weight is 263 g/mol. The minimum atomic E-state index is -0.383. The fraction of sp³-hybridized carbons (Fsp3) is 0.571. The lowest BCUT2D eigenvalue weighted by Crippen LogP contribution is -2.30. The third kappa shape index (κ3) is 3.92. The second-order valence-corrected chi connectivity index (χ2v) is 4.90. The third-order valence-corrected chi connectivity index (χ3v) is 3.00. The van der Waals surface area contributed by atoms with Gasteiger partial charge in [-0.05, 0) is 36.9 Å². The van der Waals surface area contributed by atoms with Crippen LogP contribution in [0.15, 0.2) is 24.3 Å². The molecule has 0 saturated carbocycles. The Balaban J connectivity index is 2.06. The van der Waals surface area contributed by atoms with Crippen molar-refractivity contribution < 1.29 is 9.94 Å². The second-order valence-electron chi connectivity index (χ2n) is 4.90. The molecule has 1 aromatic heterocycles. The van der Waals surface area contributed by atoms with Crippen molar-refractivity contribution in [1.82, 2.24) is 15.2 Å². The minimum Gasteiger partial charge on any atom is -0.393 e. The van der Waals surface area contributed by atoms with E-state index in [1.165, 1.54) is 4.96 Å². The van der Waals surface area contributed by atoms with Crippen molar-refractivity contribution in [3.05, 3.63) is 24.3 Å². The lowest BCUT2D eigenvalue weighted by molar-refractivity contribution is -0.0324. The lowest BCUT2D eigenvalue weighted by Gasteiger charge is -2.17. The summed E-state index contributed by atoms with van der Waals surface area (Å²) in [5, 5.41) is 18.0. The Hall–Kier alpha value is -1.62. The van der Waals surface area contributed by atoms with Crippen LogP contribution in [0, 0.1) is 0 Å². The second kappa shape index (κ2) is 6.52. The normalized spacial score (nSPS) is 14.5. The van der Waals surface area contributed by atoms with Crippen LogP contribution in [0.25, 0.3) is 11.0 Å². The highest BCUT2D eigenvalue weighted by atomic mass is 16.7. The summed E-state index contributed by atoms with van der Waals surface area (Å²) in [4.78, 5) is 7.03. The molecule has 1 heterocycles. The topological polar surface area (TPSA) is 60.2 Å². The van der Waals surface area contributed by atoms with Gasteiger partial charge in [0.25, 0.3) is 0 Å². The molecule has 104 valence electrons. The van der Waals surface area contributed by atoms with E-state index in [4.69, 9.17) is 4.84 Å². The van der Waals surface area contributed by atoms with Crippen LogP contribution in [0.4, 0.5) is 0 Å². The summed E-state index contributed by atoms with van der Waals surface area (Å²) < 4.78 is 0. The summed E-state index contributed by atoms with van der Waals surface area (Å²) in [5.41, 5.74) is 1.63. The molecular formula is C14H21N3O2. The first kappa shape index (κ1) is 13.8. The third-order valence-electron chi connectivity index (χ3n) is 3.00. The van der Waals surface area contributed by atoms with E-state index in [1.54, 1.807) is 6.92 Å². The maximum absolute atomic E-state index is 9.51. The van der Waals surface area contributed by atoms with Crippen molar-refractivity contribution in [3.8, 4) is 0 Å². The predicted molar refractivity (Wildman–Crippen MR) is 73.7 cm³/mol. The number of nitrogens with zero attached hydrogens (tertiary/aromatic N) is 3. The Morgan fingerprint density at radius 2 is 1.89 bits per heavy atom. The average Bonchev–Trinajstić information content (AvgIpc) is 2.77. The first-order valence-electron chi connectivity index (χ1n) is 6.86. The highest BCUT2D eigenvalue weighted by Crippen LogP contribution is 2.11. The molecule has 2 aromatic rings. The summed E-state index contributed by atoms with van der Waals surface area (Å²) in [6.07, 6.45) is 3.23. The van der Waals surface area contributed by atoms with Gasteiger partial charge in [0.2, 0.25) is 0 Å². The first-order chi connectivity index (χ1) is 9.19. The molecule has 1 N–H and O–H groups in total. The number of hydrogen-bond acceptors (Lipinski definition) is 4. The van der Waals surface area contributed by atoms with Gasteiger partial charge in [0.15, 0.2) is 0 Å². The molecule has 2 unspecified atom stereocenters. The van der Waals surface area contributed by atoms with E-state index in [2.05, 4.69) is 17.1 Å². The fourth-order valence-electron chi connectivity index (χ4n) is 2.05. The summed E-state index contributed by atoms with van der Waals surface area (Å²) in [5.74, 6) is 0. The van der Waals surface area contributed by atoms with Gasteiger partial charge in [0.05, 0.1) is 6.10 Å². The highest BCUT2D eigenvalue weighted by Gasteiger charge is 2.15. The number of rotatable bonds is 7. The van der Waals surface area contributed by atoms with E-state index >= 15 is 0 Å². The van der Waals surface area contributed by atoms with Gasteiger partial charge in [-0.1, -0.05) is 25.5 Å². The van der Waals surface area contributed by atoms with Crippen LogP contribution in [0.5, 0.6) is 0 Å². The molecule has 5 nitrogen and oxygen atoms in total. The largest absolute Gasteiger partial charge is 0.393 e. The molecule has 0 aliphatic rings. The van der Waals surface area contributed by atoms with Gasteiger partial charge >= 0.3 is 0 Å². The smallest absolute Gasteiger partial charge is 0.131 e. The Morgan fingerprint density at radius 1 is 1.26 bits per heavy atom. The number of unbranched alkanes of at least 4 members (excludes halogenated alkanes) is 1. The van der Waals surface area contributed by atoms with Crippen molar-refractivity contribution >= 4 is 11.0 Å². The van der Waals surface area contributed by atoms with Gasteiger partial charge in [-0.2, -0.15) is 0 Å². The van der Waals surface area contributed by atoms with Gasteiger partial charge < -0.3 is 9.94 Å². The monoisotopic (exact) mass is 263 g/mol. The number of aliphatic hydroxyl groups is 1. The molecule has 5 heteroatoms. The lowest BCUT2D eigenvalue weighted by atomic mass is 10.1. The van der Waals surface area contributed by atoms with Gasteiger partial charge in [0, 0.05) is 6.42 Å². The summed E-state index contributed by atoms with van der Waals surface area (Å²) in [6.45, 7) is 3.91. The molecule has 0 aliphatic heterocycles. The van der Waals surface area contributed by atoms with Crippen molar-refractivity contribution in [3.63, 3.8) is 0 Å². The molecule has 2 rings (SSSR count). The predicted octanol–water partition coefficient (Wildman–Crippen LogP) is 2.19. The number of hydrogen-bond donors (Lipinski definition) is 1. The van der Waals surface area contributed by atoms with Gasteiger partial charge in [-0.3, -0.25) is 0 Å². The van der Waals surface area contributed by atoms with Gasteiger partial charge in [-0.15, -0.1) is 10.2 Å². The van der Waals surface area contributed by atoms with Crippen LogP contribution >= 0.6 is 0 Å². The van der Waals surface area contributed by atoms with Crippen molar-refractivity contribution in [2.45, 2.75) is 51.7 Å². The van der Waals surface area contributed by atoms with E-state index in [9.17, 15) is 5.11 Å². The van der Waals surface area contributed by atoms with Gasteiger partial charge in [-0.25, -0.2) is 0 Å². The van der Waals surface area contributed by atoms with Crippen LogP contribution in [0.3, 0.4) is 0 Å². The quantitative estimate of drug-likeness (QED) is 0.832. The van der Waals surface area contributed by atoms with Crippen molar-refractivity contribution in [2.24, 2.45) is 0 Å². The number of benzene rings is 1. The minimum absolute atomic E-state index is 0.0539. The van der Waals surface area contributed by atoms with E-state index < -0.39 is 0 Å². The van der Waals surface area contributed by atoms with Crippen LogP contribution in [0.2, 0.25) is 0 Å².